The van der Waals surface area contributed by atoms with Gasteiger partial charge in [0.25, 0.3) is 5.91 Å². The molecule has 0 saturated carbocycles. The molecule has 2 aromatic carbocycles. The smallest absolute Gasteiger partial charge is 0.338 e. The summed E-state index contributed by atoms with van der Waals surface area (Å²) in [5.74, 6) is -0.840. The Labute approximate surface area is 187 Å². The molecule has 0 spiro atoms. The van der Waals surface area contributed by atoms with Crippen molar-refractivity contribution in [1.82, 2.24) is 4.57 Å². The maximum absolute atomic E-state index is 12.7. The van der Waals surface area contributed by atoms with Gasteiger partial charge in [-0.1, -0.05) is 24.3 Å². The van der Waals surface area contributed by atoms with Crippen molar-refractivity contribution in [2.75, 3.05) is 11.9 Å². The zero-order valence-electron chi connectivity index (χ0n) is 18.6. The van der Waals surface area contributed by atoms with Gasteiger partial charge in [-0.15, -0.1) is 0 Å². The zero-order valence-corrected chi connectivity index (χ0v) is 18.6. The minimum Gasteiger partial charge on any atom is -0.462 e. The Bertz CT molecular complexity index is 1250. The monoisotopic (exact) mass is 427 g/mol. The molecule has 162 valence electrons. The third kappa shape index (κ3) is 4.79. The molecule has 0 fully saturated rings. The summed E-state index contributed by atoms with van der Waals surface area (Å²) in [7, 11) is 0. The van der Waals surface area contributed by atoms with Crippen molar-refractivity contribution in [3.63, 3.8) is 0 Å². The molecule has 0 aliphatic rings. The Morgan fingerprint density at radius 1 is 1.09 bits per heavy atom. The van der Waals surface area contributed by atoms with Crippen molar-refractivity contribution in [3.05, 3.63) is 88.2 Å². The van der Waals surface area contributed by atoms with Gasteiger partial charge in [-0.05, 0) is 75.2 Å². The molecule has 1 heterocycles. The van der Waals surface area contributed by atoms with Crippen molar-refractivity contribution >= 4 is 23.6 Å². The number of nitriles is 1. The van der Waals surface area contributed by atoms with Crippen LogP contribution in [0.1, 0.15) is 39.8 Å². The van der Waals surface area contributed by atoms with E-state index in [1.54, 1.807) is 37.3 Å². The lowest BCUT2D eigenvalue weighted by Gasteiger charge is -2.11. The number of amides is 1. The van der Waals surface area contributed by atoms with Crippen LogP contribution in [0.4, 0.5) is 5.69 Å². The highest BCUT2D eigenvalue weighted by molar-refractivity contribution is 6.10. The summed E-state index contributed by atoms with van der Waals surface area (Å²) in [6.07, 6.45) is 1.58. The molecule has 6 nitrogen and oxygen atoms in total. The van der Waals surface area contributed by atoms with Crippen LogP contribution < -0.4 is 5.32 Å². The van der Waals surface area contributed by atoms with Crippen LogP contribution in [0, 0.1) is 32.1 Å². The number of aromatic nitrogens is 1. The van der Waals surface area contributed by atoms with E-state index in [4.69, 9.17) is 4.74 Å². The predicted octanol–water partition coefficient (Wildman–Crippen LogP) is 5.12. The molecule has 3 rings (SSSR count). The average molecular weight is 428 g/mol. The van der Waals surface area contributed by atoms with E-state index in [-0.39, 0.29) is 11.5 Å². The van der Waals surface area contributed by atoms with Crippen LogP contribution in [0.2, 0.25) is 0 Å². The fourth-order valence-electron chi connectivity index (χ4n) is 3.52. The Morgan fingerprint density at radius 2 is 1.84 bits per heavy atom. The van der Waals surface area contributed by atoms with Gasteiger partial charge in [0.1, 0.15) is 11.6 Å². The predicted molar refractivity (Wildman–Crippen MR) is 125 cm³/mol. The summed E-state index contributed by atoms with van der Waals surface area (Å²) in [6, 6.07) is 18.5. The number of carbonyl (C=O) groups excluding carboxylic acids is 2. The van der Waals surface area contributed by atoms with Crippen molar-refractivity contribution in [3.8, 4) is 11.8 Å². The fourth-order valence-corrected chi connectivity index (χ4v) is 3.52. The molecule has 0 saturated heterocycles. The number of para-hydroxylation sites is 1. The second kappa shape index (κ2) is 9.80. The molecule has 6 heteroatoms. The Morgan fingerprint density at radius 3 is 2.53 bits per heavy atom. The van der Waals surface area contributed by atoms with E-state index < -0.39 is 5.91 Å². The van der Waals surface area contributed by atoms with E-state index in [0.29, 0.717) is 17.9 Å². The topological polar surface area (TPSA) is 84.1 Å². The molecule has 3 aromatic rings. The second-order valence-electron chi connectivity index (χ2n) is 7.37. The van der Waals surface area contributed by atoms with Crippen LogP contribution in [-0.2, 0) is 9.53 Å². The zero-order chi connectivity index (χ0) is 23.3. The number of aryl methyl sites for hydroxylation is 2. The van der Waals surface area contributed by atoms with Crippen molar-refractivity contribution in [2.24, 2.45) is 0 Å². The number of hydrogen-bond donors (Lipinski definition) is 1. The molecule has 0 atom stereocenters. The molecule has 1 amide bonds. The first kappa shape index (κ1) is 22.6. The third-order valence-corrected chi connectivity index (χ3v) is 5.14. The SMILES string of the molecule is CCOC(=O)c1cccc(-n2c(C)cc(/C=C(/C#N)C(=O)Nc3ccccc3C)c2C)c1. The number of ether oxygens (including phenoxy) is 1. The minimum atomic E-state index is -0.462. The summed E-state index contributed by atoms with van der Waals surface area (Å²) >= 11 is 0. The van der Waals surface area contributed by atoms with Crippen LogP contribution in [0.5, 0.6) is 0 Å². The molecule has 1 N–H and O–H groups in total. The molecule has 0 bridgehead atoms. The summed E-state index contributed by atoms with van der Waals surface area (Å²) in [4.78, 5) is 24.8. The normalized spacial score (nSPS) is 11.0. The third-order valence-electron chi connectivity index (χ3n) is 5.14. The number of carbonyl (C=O) groups is 2. The average Bonchev–Trinajstić information content (AvgIpc) is 3.06. The Kier molecular flexibility index (Phi) is 6.91. The van der Waals surface area contributed by atoms with Crippen molar-refractivity contribution in [1.29, 1.82) is 5.26 Å². The van der Waals surface area contributed by atoms with Gasteiger partial charge in [-0.3, -0.25) is 4.79 Å². The molecule has 0 aliphatic carbocycles. The van der Waals surface area contributed by atoms with Crippen LogP contribution in [-0.4, -0.2) is 23.1 Å². The largest absolute Gasteiger partial charge is 0.462 e. The van der Waals surface area contributed by atoms with Gasteiger partial charge in [0.2, 0.25) is 0 Å². The van der Waals surface area contributed by atoms with Crippen LogP contribution >= 0.6 is 0 Å². The molecule has 0 radical (unpaired) electrons. The number of nitrogens with one attached hydrogen (secondary N) is 1. The molecular weight excluding hydrogens is 402 g/mol. The Balaban J connectivity index is 1.94. The van der Waals surface area contributed by atoms with Crippen LogP contribution in [0.25, 0.3) is 11.8 Å². The first-order valence-electron chi connectivity index (χ1n) is 10.3. The number of rotatable bonds is 6. The van der Waals surface area contributed by atoms with Gasteiger partial charge in [-0.25, -0.2) is 4.79 Å². The highest BCUT2D eigenvalue weighted by Gasteiger charge is 2.15. The highest BCUT2D eigenvalue weighted by Crippen LogP contribution is 2.24. The summed E-state index contributed by atoms with van der Waals surface area (Å²) in [5, 5.41) is 12.4. The molecule has 0 aliphatic heterocycles. The number of hydrogen-bond acceptors (Lipinski definition) is 4. The molecular formula is C26H25N3O3. The minimum absolute atomic E-state index is 0.00813. The first-order chi connectivity index (χ1) is 15.3. The highest BCUT2D eigenvalue weighted by atomic mass is 16.5. The lowest BCUT2D eigenvalue weighted by molar-refractivity contribution is -0.112. The quantitative estimate of drug-likeness (QED) is 0.336. The van der Waals surface area contributed by atoms with Gasteiger partial charge in [0.15, 0.2) is 0 Å². The van der Waals surface area contributed by atoms with E-state index in [9.17, 15) is 14.9 Å². The van der Waals surface area contributed by atoms with Gasteiger partial charge < -0.3 is 14.6 Å². The molecule has 32 heavy (non-hydrogen) atoms. The molecule has 1 aromatic heterocycles. The summed E-state index contributed by atoms with van der Waals surface area (Å²) in [6.45, 7) is 7.80. The van der Waals surface area contributed by atoms with Gasteiger partial charge >= 0.3 is 5.97 Å². The van der Waals surface area contributed by atoms with E-state index in [2.05, 4.69) is 5.32 Å². The van der Waals surface area contributed by atoms with Crippen molar-refractivity contribution < 1.29 is 14.3 Å². The first-order valence-corrected chi connectivity index (χ1v) is 10.3. The van der Waals surface area contributed by atoms with E-state index in [1.807, 2.05) is 61.7 Å². The lowest BCUT2D eigenvalue weighted by atomic mass is 10.1. The number of nitrogens with zero attached hydrogens (tertiary/aromatic N) is 2. The number of benzene rings is 2. The molecule has 0 unspecified atom stereocenters. The van der Waals surface area contributed by atoms with Crippen LogP contribution in [0.15, 0.2) is 60.2 Å². The lowest BCUT2D eigenvalue weighted by Crippen LogP contribution is -2.14. The van der Waals surface area contributed by atoms with E-state index in [0.717, 1.165) is 28.2 Å². The Hall–Kier alpha value is -4.11. The van der Waals surface area contributed by atoms with Gasteiger partial charge in [0, 0.05) is 22.8 Å². The standard InChI is InChI=1S/C26H25N3O3/c1-5-32-26(31)20-10-8-11-23(15-20)29-18(3)13-21(19(29)4)14-22(16-27)25(30)28-24-12-7-6-9-17(24)2/h6-15H,5H2,1-4H3,(H,28,30)/b22-14-. The van der Waals surface area contributed by atoms with Crippen LogP contribution in [0.3, 0.4) is 0 Å². The second-order valence-corrected chi connectivity index (χ2v) is 7.37. The van der Waals surface area contributed by atoms with E-state index >= 15 is 0 Å². The number of anilines is 1. The van der Waals surface area contributed by atoms with Gasteiger partial charge in [-0.2, -0.15) is 5.26 Å². The number of esters is 1. The fraction of sp³-hybridized carbons (Fsp3) is 0.192. The maximum atomic E-state index is 12.7. The van der Waals surface area contributed by atoms with Gasteiger partial charge in [0.05, 0.1) is 12.2 Å². The summed E-state index contributed by atoms with van der Waals surface area (Å²) < 4.78 is 7.07. The van der Waals surface area contributed by atoms with E-state index in [1.165, 1.54) is 0 Å². The maximum Gasteiger partial charge on any atom is 0.338 e. The summed E-state index contributed by atoms with van der Waals surface area (Å²) in [5.41, 5.74) is 5.36. The van der Waals surface area contributed by atoms with Crippen molar-refractivity contribution in [2.45, 2.75) is 27.7 Å².